The van der Waals surface area contributed by atoms with Crippen molar-refractivity contribution in [1.29, 1.82) is 0 Å². The lowest BCUT2D eigenvalue weighted by Gasteiger charge is -2.22. The van der Waals surface area contributed by atoms with Crippen LogP contribution in [-0.2, 0) is 20.8 Å². The Hall–Kier alpha value is -1.92. The van der Waals surface area contributed by atoms with Gasteiger partial charge in [0.15, 0.2) is 0 Å². The minimum absolute atomic E-state index is 0.0574. The number of rotatable bonds is 9. The smallest absolute Gasteiger partial charge is 0.337 e. The summed E-state index contributed by atoms with van der Waals surface area (Å²) in [7, 11) is 6.72. The number of likely N-dealkylation sites (N-methyl/N-ethyl adjacent to an activating group) is 2. The van der Waals surface area contributed by atoms with Crippen LogP contribution in [0.3, 0.4) is 0 Å². The summed E-state index contributed by atoms with van der Waals surface area (Å²) in [5.41, 5.74) is 1.47. The van der Waals surface area contributed by atoms with Gasteiger partial charge >= 0.3 is 5.97 Å². The van der Waals surface area contributed by atoms with Gasteiger partial charge in [0, 0.05) is 33.9 Å². The van der Waals surface area contributed by atoms with Gasteiger partial charge in [-0.15, -0.1) is 0 Å². The van der Waals surface area contributed by atoms with Crippen LogP contribution in [0.15, 0.2) is 24.3 Å². The van der Waals surface area contributed by atoms with E-state index in [1.54, 1.807) is 31.2 Å². The summed E-state index contributed by atoms with van der Waals surface area (Å²) in [6.07, 6.45) is 0.902. The Morgan fingerprint density at radius 1 is 1.09 bits per heavy atom. The van der Waals surface area contributed by atoms with Crippen molar-refractivity contribution in [2.24, 2.45) is 0 Å². The van der Waals surface area contributed by atoms with Gasteiger partial charge in [0.25, 0.3) is 0 Å². The molecule has 0 heterocycles. The maximum Gasteiger partial charge on any atom is 0.337 e. The molecule has 1 amide bonds. The van der Waals surface area contributed by atoms with Gasteiger partial charge in [0.2, 0.25) is 5.91 Å². The van der Waals surface area contributed by atoms with Crippen LogP contribution in [-0.4, -0.2) is 69.7 Å². The van der Waals surface area contributed by atoms with E-state index in [1.165, 1.54) is 7.11 Å². The van der Waals surface area contributed by atoms with Crippen LogP contribution in [0, 0.1) is 0 Å². The van der Waals surface area contributed by atoms with E-state index in [0.717, 1.165) is 18.5 Å². The van der Waals surface area contributed by atoms with E-state index in [-0.39, 0.29) is 11.9 Å². The van der Waals surface area contributed by atoms with Gasteiger partial charge in [-0.2, -0.15) is 0 Å². The van der Waals surface area contributed by atoms with E-state index >= 15 is 0 Å². The minimum Gasteiger partial charge on any atom is -0.465 e. The first-order chi connectivity index (χ1) is 11.0. The summed E-state index contributed by atoms with van der Waals surface area (Å²) in [5, 5.41) is 0. The number of benzene rings is 1. The lowest BCUT2D eigenvalue weighted by atomic mass is 10.1. The van der Waals surface area contributed by atoms with Crippen LogP contribution in [0.2, 0.25) is 0 Å². The zero-order chi connectivity index (χ0) is 17.2. The molecule has 0 spiro atoms. The van der Waals surface area contributed by atoms with Crippen LogP contribution in [0.25, 0.3) is 0 Å². The largest absolute Gasteiger partial charge is 0.465 e. The molecular weight excluding hydrogens is 296 g/mol. The fraction of sp³-hybridized carbons (Fsp3) is 0.529. The molecule has 0 aliphatic carbocycles. The fourth-order valence-electron chi connectivity index (χ4n) is 2.14. The number of nitrogens with zero attached hydrogens (tertiary/aromatic N) is 2. The van der Waals surface area contributed by atoms with Gasteiger partial charge < -0.3 is 14.4 Å². The molecule has 1 rings (SSSR count). The minimum atomic E-state index is -0.362. The molecule has 6 nitrogen and oxygen atoms in total. The van der Waals surface area contributed by atoms with Gasteiger partial charge in [0.05, 0.1) is 19.2 Å². The van der Waals surface area contributed by atoms with Crippen molar-refractivity contribution in [3.8, 4) is 0 Å². The van der Waals surface area contributed by atoms with Crippen molar-refractivity contribution < 1.29 is 19.1 Å². The normalized spacial score (nSPS) is 10.7. The van der Waals surface area contributed by atoms with Crippen LogP contribution in [0.1, 0.15) is 22.3 Å². The Morgan fingerprint density at radius 3 is 2.30 bits per heavy atom. The monoisotopic (exact) mass is 322 g/mol. The molecule has 0 aliphatic rings. The number of methoxy groups -OCH3 is 2. The average molecular weight is 322 g/mol. The summed E-state index contributed by atoms with van der Waals surface area (Å²) in [6, 6.07) is 7.07. The molecule has 1 aromatic carbocycles. The lowest BCUT2D eigenvalue weighted by Crippen LogP contribution is -2.36. The summed E-state index contributed by atoms with van der Waals surface area (Å²) in [5.74, 6) is -0.305. The average Bonchev–Trinajstić information content (AvgIpc) is 2.55. The Bertz CT molecular complexity index is 502. The highest BCUT2D eigenvalue weighted by atomic mass is 16.5. The first kappa shape index (κ1) is 19.1. The molecule has 23 heavy (non-hydrogen) atoms. The molecule has 0 N–H and O–H groups in total. The number of ether oxygens (including phenoxy) is 2. The zero-order valence-corrected chi connectivity index (χ0v) is 14.4. The molecule has 128 valence electrons. The Morgan fingerprint density at radius 2 is 1.74 bits per heavy atom. The first-order valence-corrected chi connectivity index (χ1v) is 7.56. The van der Waals surface area contributed by atoms with Crippen molar-refractivity contribution in [2.75, 3.05) is 48.0 Å². The second-order valence-corrected chi connectivity index (χ2v) is 5.52. The number of hydrogen-bond donors (Lipinski definition) is 0. The molecule has 0 saturated heterocycles. The lowest BCUT2D eigenvalue weighted by molar-refractivity contribution is -0.131. The van der Waals surface area contributed by atoms with Crippen molar-refractivity contribution >= 4 is 11.9 Å². The SMILES string of the molecule is COCCCN(C)CC(=O)N(C)Cc1ccc(C(=O)OC)cc1. The third-order valence-corrected chi connectivity index (χ3v) is 3.51. The van der Waals surface area contributed by atoms with Gasteiger partial charge in [-0.05, 0) is 31.2 Å². The number of carbonyl (C=O) groups excluding carboxylic acids is 2. The van der Waals surface area contributed by atoms with Crippen LogP contribution < -0.4 is 0 Å². The summed E-state index contributed by atoms with van der Waals surface area (Å²) in [4.78, 5) is 27.2. The molecule has 0 saturated carbocycles. The van der Waals surface area contributed by atoms with Gasteiger partial charge in [0.1, 0.15) is 0 Å². The fourth-order valence-corrected chi connectivity index (χ4v) is 2.14. The Balaban J connectivity index is 2.46. The number of carbonyl (C=O) groups is 2. The summed E-state index contributed by atoms with van der Waals surface area (Å²) >= 11 is 0. The predicted octanol–water partition coefficient (Wildman–Crippen LogP) is 1.40. The van der Waals surface area contributed by atoms with Gasteiger partial charge in [-0.1, -0.05) is 12.1 Å². The van der Waals surface area contributed by atoms with E-state index < -0.39 is 0 Å². The molecule has 0 fully saturated rings. The first-order valence-electron chi connectivity index (χ1n) is 7.56. The molecule has 0 bridgehead atoms. The van der Waals surface area contributed by atoms with Crippen molar-refractivity contribution in [3.05, 3.63) is 35.4 Å². The molecule has 0 atom stereocenters. The van der Waals surface area contributed by atoms with Crippen LogP contribution >= 0.6 is 0 Å². The second-order valence-electron chi connectivity index (χ2n) is 5.52. The number of esters is 1. The van der Waals surface area contributed by atoms with Crippen LogP contribution in [0.4, 0.5) is 0 Å². The molecule has 0 aliphatic heterocycles. The van der Waals surface area contributed by atoms with Crippen molar-refractivity contribution in [2.45, 2.75) is 13.0 Å². The van der Waals surface area contributed by atoms with E-state index in [9.17, 15) is 9.59 Å². The second kappa shape index (κ2) is 9.97. The van der Waals surface area contributed by atoms with E-state index in [4.69, 9.17) is 4.74 Å². The molecule has 0 radical (unpaired) electrons. The highest BCUT2D eigenvalue weighted by molar-refractivity contribution is 5.89. The van der Waals surface area contributed by atoms with E-state index in [2.05, 4.69) is 4.74 Å². The number of hydrogen-bond acceptors (Lipinski definition) is 5. The highest BCUT2D eigenvalue weighted by Gasteiger charge is 2.12. The summed E-state index contributed by atoms with van der Waals surface area (Å²) < 4.78 is 9.66. The third-order valence-electron chi connectivity index (χ3n) is 3.51. The topological polar surface area (TPSA) is 59.1 Å². The molecular formula is C17H26N2O4. The van der Waals surface area contributed by atoms with Gasteiger partial charge in [-0.25, -0.2) is 4.79 Å². The molecule has 0 unspecified atom stereocenters. The molecule has 1 aromatic rings. The summed E-state index contributed by atoms with van der Waals surface area (Å²) in [6.45, 7) is 2.40. The predicted molar refractivity (Wildman–Crippen MR) is 88.2 cm³/mol. The standard InChI is InChI=1S/C17H26N2O4/c1-18(10-5-11-22-3)13-16(20)19(2)12-14-6-8-15(9-7-14)17(21)23-4/h6-9H,5,10-13H2,1-4H3. The maximum absolute atomic E-state index is 12.2. The van der Waals surface area contributed by atoms with E-state index in [1.807, 2.05) is 24.1 Å². The van der Waals surface area contributed by atoms with Gasteiger partial charge in [-0.3, -0.25) is 9.69 Å². The molecule has 6 heteroatoms. The maximum atomic E-state index is 12.2. The highest BCUT2D eigenvalue weighted by Crippen LogP contribution is 2.08. The van der Waals surface area contributed by atoms with Crippen molar-refractivity contribution in [1.82, 2.24) is 9.80 Å². The molecule has 0 aromatic heterocycles. The number of amides is 1. The zero-order valence-electron chi connectivity index (χ0n) is 14.4. The van der Waals surface area contributed by atoms with Crippen LogP contribution in [0.5, 0.6) is 0 Å². The van der Waals surface area contributed by atoms with E-state index in [0.29, 0.717) is 25.3 Å². The Labute approximate surface area is 138 Å². The third kappa shape index (κ3) is 6.80. The Kier molecular flexibility index (Phi) is 8.29. The van der Waals surface area contributed by atoms with Crippen molar-refractivity contribution in [3.63, 3.8) is 0 Å². The quantitative estimate of drug-likeness (QED) is 0.508.